The van der Waals surface area contributed by atoms with Crippen molar-refractivity contribution in [2.24, 2.45) is 5.92 Å². The summed E-state index contributed by atoms with van der Waals surface area (Å²) in [6.07, 6.45) is 5.83. The summed E-state index contributed by atoms with van der Waals surface area (Å²) in [4.78, 5) is 2.35. The van der Waals surface area contributed by atoms with Gasteiger partial charge in [0.05, 0.1) is 5.60 Å². The van der Waals surface area contributed by atoms with Crippen LogP contribution in [-0.2, 0) is 0 Å². The van der Waals surface area contributed by atoms with Crippen LogP contribution in [0.5, 0.6) is 0 Å². The lowest BCUT2D eigenvalue weighted by Crippen LogP contribution is -2.50. The van der Waals surface area contributed by atoms with Crippen molar-refractivity contribution in [3.63, 3.8) is 0 Å². The smallest absolute Gasteiger partial charge is 0.0688 e. The van der Waals surface area contributed by atoms with Gasteiger partial charge in [-0.15, -0.1) is 0 Å². The van der Waals surface area contributed by atoms with E-state index in [4.69, 9.17) is 0 Å². The van der Waals surface area contributed by atoms with Crippen LogP contribution in [0.15, 0.2) is 0 Å². The molecule has 0 aromatic rings. The molecule has 0 aromatic carbocycles. The van der Waals surface area contributed by atoms with Crippen LogP contribution in [0.25, 0.3) is 0 Å². The zero-order valence-corrected chi connectivity index (χ0v) is 7.92. The second kappa shape index (κ2) is 3.00. The van der Waals surface area contributed by atoms with Gasteiger partial charge in [-0.05, 0) is 45.7 Å². The summed E-state index contributed by atoms with van der Waals surface area (Å²) in [5.74, 6) is 0.560. The van der Waals surface area contributed by atoms with Gasteiger partial charge in [-0.1, -0.05) is 0 Å². The third-order valence-corrected chi connectivity index (χ3v) is 3.60. The van der Waals surface area contributed by atoms with Gasteiger partial charge in [0.1, 0.15) is 0 Å². The average molecular weight is 169 g/mol. The summed E-state index contributed by atoms with van der Waals surface area (Å²) in [5, 5.41) is 10.1. The van der Waals surface area contributed by atoms with Gasteiger partial charge in [-0.3, -0.25) is 0 Å². The first kappa shape index (κ1) is 8.52. The molecular weight excluding hydrogens is 150 g/mol. The van der Waals surface area contributed by atoms with Crippen LogP contribution in [0.1, 0.15) is 32.1 Å². The zero-order chi connectivity index (χ0) is 8.60. The molecule has 2 fully saturated rings. The van der Waals surface area contributed by atoms with Crippen LogP contribution in [0.4, 0.5) is 0 Å². The summed E-state index contributed by atoms with van der Waals surface area (Å²) < 4.78 is 0. The van der Waals surface area contributed by atoms with Gasteiger partial charge in [0.15, 0.2) is 0 Å². The van der Waals surface area contributed by atoms with Crippen molar-refractivity contribution < 1.29 is 5.11 Å². The molecule has 1 aliphatic carbocycles. The van der Waals surface area contributed by atoms with Crippen LogP contribution in [-0.4, -0.2) is 35.7 Å². The van der Waals surface area contributed by atoms with Gasteiger partial charge in [-0.25, -0.2) is 0 Å². The molecule has 1 saturated carbocycles. The molecule has 0 spiro atoms. The molecule has 2 aliphatic rings. The number of hydrogen-bond donors (Lipinski definition) is 1. The fraction of sp³-hybridized carbons (Fsp3) is 1.00. The minimum absolute atomic E-state index is 0.269. The van der Waals surface area contributed by atoms with Crippen molar-refractivity contribution in [2.45, 2.75) is 37.7 Å². The summed E-state index contributed by atoms with van der Waals surface area (Å²) >= 11 is 0. The van der Waals surface area contributed by atoms with E-state index in [1.54, 1.807) is 0 Å². The van der Waals surface area contributed by atoms with Crippen LogP contribution in [0.3, 0.4) is 0 Å². The minimum Gasteiger partial charge on any atom is -0.390 e. The largest absolute Gasteiger partial charge is 0.390 e. The molecule has 1 N–H and O–H groups in total. The van der Waals surface area contributed by atoms with E-state index in [0.29, 0.717) is 5.92 Å². The normalized spacial score (nSPS) is 36.0. The predicted octanol–water partition coefficient (Wildman–Crippen LogP) is 1.24. The Kier molecular flexibility index (Phi) is 2.13. The maximum Gasteiger partial charge on any atom is 0.0688 e. The first-order chi connectivity index (χ1) is 5.71. The Morgan fingerprint density at radius 3 is 2.58 bits per heavy atom. The topological polar surface area (TPSA) is 23.5 Å². The number of piperidine rings is 1. The van der Waals surface area contributed by atoms with Crippen molar-refractivity contribution in [1.82, 2.24) is 4.90 Å². The molecule has 2 rings (SSSR count). The van der Waals surface area contributed by atoms with Gasteiger partial charge < -0.3 is 10.0 Å². The molecule has 1 unspecified atom stereocenters. The van der Waals surface area contributed by atoms with Crippen LogP contribution >= 0.6 is 0 Å². The number of rotatable bonds is 1. The van der Waals surface area contributed by atoms with Gasteiger partial charge in [0, 0.05) is 12.5 Å². The molecule has 70 valence electrons. The van der Waals surface area contributed by atoms with Gasteiger partial charge in [0.25, 0.3) is 0 Å². The second-order valence-corrected chi connectivity index (χ2v) is 4.56. The van der Waals surface area contributed by atoms with Crippen molar-refractivity contribution >= 4 is 0 Å². The molecule has 0 aromatic heterocycles. The third-order valence-electron chi connectivity index (χ3n) is 3.60. The minimum atomic E-state index is -0.269. The average Bonchev–Trinajstić information content (AvgIpc) is 2.00. The number of hydrogen-bond acceptors (Lipinski definition) is 2. The van der Waals surface area contributed by atoms with E-state index in [0.717, 1.165) is 19.4 Å². The van der Waals surface area contributed by atoms with Crippen LogP contribution in [0, 0.1) is 5.92 Å². The van der Waals surface area contributed by atoms with E-state index in [-0.39, 0.29) is 5.60 Å². The summed E-state index contributed by atoms with van der Waals surface area (Å²) in [6, 6.07) is 0. The Balaban J connectivity index is 1.94. The van der Waals surface area contributed by atoms with Gasteiger partial charge >= 0.3 is 0 Å². The highest BCUT2D eigenvalue weighted by atomic mass is 16.3. The van der Waals surface area contributed by atoms with E-state index < -0.39 is 0 Å². The first-order valence-electron chi connectivity index (χ1n) is 5.12. The Bertz CT molecular complexity index is 165. The lowest BCUT2D eigenvalue weighted by atomic mass is 9.68. The van der Waals surface area contributed by atoms with Crippen LogP contribution in [0.2, 0.25) is 0 Å². The highest BCUT2D eigenvalue weighted by Crippen LogP contribution is 2.41. The molecule has 0 radical (unpaired) electrons. The van der Waals surface area contributed by atoms with Crippen molar-refractivity contribution in [2.75, 3.05) is 20.1 Å². The van der Waals surface area contributed by atoms with E-state index >= 15 is 0 Å². The van der Waals surface area contributed by atoms with E-state index in [2.05, 4.69) is 11.9 Å². The SMILES string of the molecule is CN1CCCC(C2(O)CCC2)C1. The van der Waals surface area contributed by atoms with E-state index in [9.17, 15) is 5.11 Å². The third kappa shape index (κ3) is 1.38. The fourth-order valence-corrected chi connectivity index (χ4v) is 2.55. The Labute approximate surface area is 74.6 Å². The molecule has 1 heterocycles. The maximum atomic E-state index is 10.1. The molecule has 1 saturated heterocycles. The summed E-state index contributed by atoms with van der Waals surface area (Å²) in [5.41, 5.74) is -0.269. The molecule has 1 aliphatic heterocycles. The molecule has 2 heteroatoms. The number of aliphatic hydroxyl groups is 1. The fourth-order valence-electron chi connectivity index (χ4n) is 2.55. The number of nitrogens with zero attached hydrogens (tertiary/aromatic N) is 1. The Morgan fingerprint density at radius 1 is 1.33 bits per heavy atom. The highest BCUT2D eigenvalue weighted by Gasteiger charge is 2.42. The molecule has 12 heavy (non-hydrogen) atoms. The Hall–Kier alpha value is -0.0800. The quantitative estimate of drug-likeness (QED) is 0.638. The molecule has 0 amide bonds. The standard InChI is InChI=1S/C10H19NO/c1-11-7-2-4-9(8-11)10(12)5-3-6-10/h9,12H,2-8H2,1H3. The molecule has 0 bridgehead atoms. The second-order valence-electron chi connectivity index (χ2n) is 4.56. The van der Waals surface area contributed by atoms with E-state index in [1.165, 1.54) is 25.8 Å². The summed E-state index contributed by atoms with van der Waals surface area (Å²) in [6.45, 7) is 2.32. The summed E-state index contributed by atoms with van der Waals surface area (Å²) in [7, 11) is 2.16. The highest BCUT2D eigenvalue weighted by molar-refractivity contribution is 4.95. The molecule has 2 nitrogen and oxygen atoms in total. The van der Waals surface area contributed by atoms with Crippen molar-refractivity contribution in [3.8, 4) is 0 Å². The van der Waals surface area contributed by atoms with Crippen LogP contribution < -0.4 is 0 Å². The lowest BCUT2D eigenvalue weighted by Gasteiger charge is -2.46. The zero-order valence-electron chi connectivity index (χ0n) is 7.92. The van der Waals surface area contributed by atoms with Gasteiger partial charge in [0.2, 0.25) is 0 Å². The predicted molar refractivity (Wildman–Crippen MR) is 49.0 cm³/mol. The monoisotopic (exact) mass is 169 g/mol. The lowest BCUT2D eigenvalue weighted by molar-refractivity contribution is -0.101. The molecular formula is C10H19NO. The van der Waals surface area contributed by atoms with Crippen molar-refractivity contribution in [3.05, 3.63) is 0 Å². The van der Waals surface area contributed by atoms with Gasteiger partial charge in [-0.2, -0.15) is 0 Å². The van der Waals surface area contributed by atoms with Crippen molar-refractivity contribution in [1.29, 1.82) is 0 Å². The van der Waals surface area contributed by atoms with E-state index in [1.807, 2.05) is 0 Å². The number of likely N-dealkylation sites (tertiary alicyclic amines) is 1. The molecule has 1 atom stereocenters. The Morgan fingerprint density at radius 2 is 2.08 bits per heavy atom. The maximum absolute atomic E-state index is 10.1. The first-order valence-corrected chi connectivity index (χ1v) is 5.12.